The summed E-state index contributed by atoms with van der Waals surface area (Å²) in [4.78, 5) is 11.3. The summed E-state index contributed by atoms with van der Waals surface area (Å²) in [5.41, 5.74) is 2.93. The van der Waals surface area contributed by atoms with Crippen molar-refractivity contribution in [2.75, 3.05) is 0 Å². The number of Topliss-reactive ketones (excluding diaryl/α,β-unsaturated/α-hetero) is 1. The molecule has 0 bridgehead atoms. The summed E-state index contributed by atoms with van der Waals surface area (Å²) in [7, 11) is 0. The van der Waals surface area contributed by atoms with E-state index in [-0.39, 0.29) is 17.5 Å². The molecule has 1 aliphatic rings. The average molecular weight is 246 g/mol. The number of carbonyl (C=O) groups excluding carboxylic acids is 1. The molecule has 18 heavy (non-hydrogen) atoms. The number of hydrogen-bond acceptors (Lipinski definition) is 1. The molecule has 0 fully saturated rings. The lowest BCUT2D eigenvalue weighted by molar-refractivity contribution is -0.120. The third-order valence-electron chi connectivity index (χ3n) is 3.77. The second kappa shape index (κ2) is 5.47. The van der Waals surface area contributed by atoms with E-state index in [0.717, 1.165) is 42.4 Å². The molecule has 1 aliphatic carbocycles. The Morgan fingerprint density at radius 3 is 2.78 bits per heavy atom. The molecule has 2 heteroatoms. The van der Waals surface area contributed by atoms with Crippen molar-refractivity contribution >= 4 is 11.4 Å². The molecule has 1 atom stereocenters. The van der Waals surface area contributed by atoms with E-state index >= 15 is 0 Å². The first-order valence-corrected chi connectivity index (χ1v) is 6.60. The van der Waals surface area contributed by atoms with Crippen LogP contribution in [0.1, 0.15) is 44.2 Å². The van der Waals surface area contributed by atoms with Gasteiger partial charge < -0.3 is 0 Å². The van der Waals surface area contributed by atoms with Crippen molar-refractivity contribution in [2.45, 2.75) is 39.5 Å². The highest BCUT2D eigenvalue weighted by Gasteiger charge is 2.20. The number of aryl methyl sites for hydroxylation is 1. The first-order valence-electron chi connectivity index (χ1n) is 6.60. The molecular weight excluding hydrogens is 227 g/mol. The third-order valence-corrected chi connectivity index (χ3v) is 3.77. The Kier molecular flexibility index (Phi) is 3.95. The molecule has 0 spiro atoms. The molecule has 2 rings (SSSR count). The van der Waals surface area contributed by atoms with E-state index < -0.39 is 0 Å². The van der Waals surface area contributed by atoms with Crippen molar-refractivity contribution in [2.24, 2.45) is 5.92 Å². The highest BCUT2D eigenvalue weighted by molar-refractivity contribution is 5.80. The summed E-state index contributed by atoms with van der Waals surface area (Å²) in [6, 6.07) is 5.32. The van der Waals surface area contributed by atoms with E-state index in [1.165, 1.54) is 0 Å². The van der Waals surface area contributed by atoms with Gasteiger partial charge in [-0.05, 0) is 55.9 Å². The fourth-order valence-electron chi connectivity index (χ4n) is 2.49. The van der Waals surface area contributed by atoms with Gasteiger partial charge in [-0.25, -0.2) is 4.39 Å². The molecular formula is C16H19FO. The molecule has 0 heterocycles. The van der Waals surface area contributed by atoms with Crippen LogP contribution in [0.15, 0.2) is 24.3 Å². The van der Waals surface area contributed by atoms with Gasteiger partial charge >= 0.3 is 0 Å². The second-order valence-corrected chi connectivity index (χ2v) is 4.98. The fourth-order valence-corrected chi connectivity index (χ4v) is 2.49. The molecule has 1 aromatic carbocycles. The lowest BCUT2D eigenvalue weighted by atomic mass is 9.84. The summed E-state index contributed by atoms with van der Waals surface area (Å²) in [5.74, 6) is 0.221. The van der Waals surface area contributed by atoms with Crippen LogP contribution in [0.5, 0.6) is 0 Å². The molecule has 0 N–H and O–H groups in total. The number of halogens is 1. The van der Waals surface area contributed by atoms with E-state index in [9.17, 15) is 9.18 Å². The number of rotatable bonds is 3. The van der Waals surface area contributed by atoms with Gasteiger partial charge in [-0.1, -0.05) is 19.1 Å². The Hall–Kier alpha value is -1.44. The van der Waals surface area contributed by atoms with Crippen LogP contribution >= 0.6 is 0 Å². The number of carbonyl (C=O) groups is 1. The minimum absolute atomic E-state index is 0.131. The monoisotopic (exact) mass is 246 g/mol. The van der Waals surface area contributed by atoms with Gasteiger partial charge in [-0.3, -0.25) is 4.79 Å². The van der Waals surface area contributed by atoms with E-state index in [0.29, 0.717) is 0 Å². The normalized spacial score (nSPS) is 19.5. The highest BCUT2D eigenvalue weighted by atomic mass is 19.1. The highest BCUT2D eigenvalue weighted by Crippen LogP contribution is 2.32. The zero-order valence-corrected chi connectivity index (χ0v) is 11.0. The predicted octanol–water partition coefficient (Wildman–Crippen LogP) is 4.16. The smallest absolute Gasteiger partial charge is 0.133 e. The number of ketones is 1. The van der Waals surface area contributed by atoms with E-state index in [4.69, 9.17) is 0 Å². The van der Waals surface area contributed by atoms with E-state index in [2.05, 4.69) is 6.92 Å². The zero-order chi connectivity index (χ0) is 13.1. The van der Waals surface area contributed by atoms with E-state index in [1.54, 1.807) is 13.0 Å². The number of allylic oxidation sites excluding steroid dienone is 2. The number of benzene rings is 1. The lowest BCUT2D eigenvalue weighted by Crippen LogP contribution is -2.13. The van der Waals surface area contributed by atoms with Crippen molar-refractivity contribution in [3.05, 3.63) is 41.2 Å². The molecule has 96 valence electrons. The van der Waals surface area contributed by atoms with Crippen molar-refractivity contribution in [1.29, 1.82) is 0 Å². The zero-order valence-electron chi connectivity index (χ0n) is 11.0. The van der Waals surface area contributed by atoms with Crippen LogP contribution in [0.25, 0.3) is 5.57 Å². The van der Waals surface area contributed by atoms with E-state index in [1.807, 2.05) is 18.2 Å². The molecule has 0 saturated carbocycles. The van der Waals surface area contributed by atoms with Crippen LogP contribution in [0, 0.1) is 11.7 Å². The van der Waals surface area contributed by atoms with Gasteiger partial charge in [-0.2, -0.15) is 0 Å². The van der Waals surface area contributed by atoms with Crippen LogP contribution in [-0.2, 0) is 11.2 Å². The Bertz CT molecular complexity index is 488. The topological polar surface area (TPSA) is 17.1 Å². The Balaban J connectivity index is 2.25. The molecule has 0 radical (unpaired) electrons. The van der Waals surface area contributed by atoms with Gasteiger partial charge in [0.05, 0.1) is 0 Å². The molecule has 0 saturated heterocycles. The minimum Gasteiger partial charge on any atom is -0.300 e. The standard InChI is InChI=1S/C16H19FO/c1-3-12-4-9-16(17)15(10-12)14-7-5-13(6-8-14)11(2)18/h4,7,9-10,13H,3,5-6,8H2,1-2H3. The molecule has 0 aliphatic heterocycles. The Morgan fingerprint density at radius 1 is 1.44 bits per heavy atom. The lowest BCUT2D eigenvalue weighted by Gasteiger charge is -2.20. The Morgan fingerprint density at radius 2 is 2.22 bits per heavy atom. The maximum atomic E-state index is 13.8. The average Bonchev–Trinajstić information content (AvgIpc) is 2.39. The quantitative estimate of drug-likeness (QED) is 0.782. The van der Waals surface area contributed by atoms with Crippen molar-refractivity contribution < 1.29 is 9.18 Å². The summed E-state index contributed by atoms with van der Waals surface area (Å²) in [5, 5.41) is 0. The van der Waals surface area contributed by atoms with Crippen LogP contribution < -0.4 is 0 Å². The molecule has 0 aromatic heterocycles. The summed E-state index contributed by atoms with van der Waals surface area (Å²) < 4.78 is 13.8. The number of hydrogen-bond donors (Lipinski definition) is 0. The second-order valence-electron chi connectivity index (χ2n) is 4.98. The van der Waals surface area contributed by atoms with Crippen molar-refractivity contribution in [3.8, 4) is 0 Å². The van der Waals surface area contributed by atoms with Crippen LogP contribution in [0.2, 0.25) is 0 Å². The predicted molar refractivity (Wildman–Crippen MR) is 71.8 cm³/mol. The molecule has 1 unspecified atom stereocenters. The van der Waals surface area contributed by atoms with Crippen molar-refractivity contribution in [3.63, 3.8) is 0 Å². The maximum absolute atomic E-state index is 13.8. The first kappa shape index (κ1) is 13.0. The van der Waals surface area contributed by atoms with Gasteiger partial charge in [0, 0.05) is 11.5 Å². The summed E-state index contributed by atoms with van der Waals surface area (Å²) in [6.07, 6.45) is 5.34. The maximum Gasteiger partial charge on any atom is 0.133 e. The molecule has 1 aromatic rings. The van der Waals surface area contributed by atoms with Crippen LogP contribution in [0.3, 0.4) is 0 Å². The Labute approximate surface area is 108 Å². The van der Waals surface area contributed by atoms with Gasteiger partial charge in [0.15, 0.2) is 0 Å². The van der Waals surface area contributed by atoms with Gasteiger partial charge in [0.25, 0.3) is 0 Å². The van der Waals surface area contributed by atoms with Crippen LogP contribution in [0.4, 0.5) is 4.39 Å². The van der Waals surface area contributed by atoms with Crippen LogP contribution in [-0.4, -0.2) is 5.78 Å². The molecule has 0 amide bonds. The fraction of sp³-hybridized carbons (Fsp3) is 0.438. The van der Waals surface area contributed by atoms with Gasteiger partial charge in [0.2, 0.25) is 0 Å². The molecule has 1 nitrogen and oxygen atoms in total. The SMILES string of the molecule is CCc1ccc(F)c(C2=CCC(C(C)=O)CC2)c1. The summed E-state index contributed by atoms with van der Waals surface area (Å²) in [6.45, 7) is 3.71. The minimum atomic E-state index is -0.153. The summed E-state index contributed by atoms with van der Waals surface area (Å²) >= 11 is 0. The third kappa shape index (κ3) is 2.69. The van der Waals surface area contributed by atoms with Gasteiger partial charge in [0.1, 0.15) is 11.6 Å². The van der Waals surface area contributed by atoms with Gasteiger partial charge in [-0.15, -0.1) is 0 Å². The first-order chi connectivity index (χ1) is 8.61. The largest absolute Gasteiger partial charge is 0.300 e. The van der Waals surface area contributed by atoms with Crippen molar-refractivity contribution in [1.82, 2.24) is 0 Å².